The molecule has 0 bridgehead atoms. The molecule has 3 rings (SSSR count). The minimum absolute atomic E-state index is 0.0375. The molecule has 0 amide bonds. The zero-order valence-electron chi connectivity index (χ0n) is 11.0. The standard InChI is InChI=1S/C14H14FNO4S/c15-11-4-1-3-10(7-11)13-8-12(17)9-16(13)21(18,19)14-5-2-6-20-14/h1-7,12-13,17H,8-9H2/t12-,13+/m0/s1. The van der Waals surface area contributed by atoms with Crippen molar-refractivity contribution in [2.75, 3.05) is 6.54 Å². The van der Waals surface area contributed by atoms with Crippen LogP contribution in [0, 0.1) is 5.82 Å². The van der Waals surface area contributed by atoms with Crippen LogP contribution in [0.4, 0.5) is 4.39 Å². The monoisotopic (exact) mass is 311 g/mol. The number of nitrogens with zero attached hydrogens (tertiary/aromatic N) is 1. The van der Waals surface area contributed by atoms with E-state index in [2.05, 4.69) is 0 Å². The zero-order valence-corrected chi connectivity index (χ0v) is 11.8. The van der Waals surface area contributed by atoms with Gasteiger partial charge in [0.25, 0.3) is 10.0 Å². The van der Waals surface area contributed by atoms with Crippen molar-refractivity contribution in [1.29, 1.82) is 0 Å². The average Bonchev–Trinajstić information content (AvgIpc) is 3.08. The minimum atomic E-state index is -3.85. The van der Waals surface area contributed by atoms with Gasteiger partial charge in [0.1, 0.15) is 5.82 Å². The van der Waals surface area contributed by atoms with Crippen LogP contribution in [0.15, 0.2) is 52.2 Å². The molecule has 2 heterocycles. The van der Waals surface area contributed by atoms with Crippen molar-refractivity contribution in [2.45, 2.75) is 23.7 Å². The first-order valence-electron chi connectivity index (χ1n) is 6.47. The van der Waals surface area contributed by atoms with Gasteiger partial charge < -0.3 is 9.52 Å². The summed E-state index contributed by atoms with van der Waals surface area (Å²) in [6, 6.07) is 7.97. The van der Waals surface area contributed by atoms with Crippen molar-refractivity contribution in [3.63, 3.8) is 0 Å². The Morgan fingerprint density at radius 3 is 2.76 bits per heavy atom. The van der Waals surface area contributed by atoms with E-state index in [4.69, 9.17) is 4.42 Å². The lowest BCUT2D eigenvalue weighted by molar-refractivity contribution is 0.188. The molecule has 1 aromatic carbocycles. The highest BCUT2D eigenvalue weighted by molar-refractivity contribution is 7.89. The molecule has 2 atom stereocenters. The van der Waals surface area contributed by atoms with Crippen LogP contribution in [0.3, 0.4) is 0 Å². The predicted molar refractivity (Wildman–Crippen MR) is 72.4 cm³/mol. The molecule has 1 aliphatic rings. The number of hydrogen-bond acceptors (Lipinski definition) is 4. The Balaban J connectivity index is 2.01. The molecule has 0 unspecified atom stereocenters. The van der Waals surface area contributed by atoms with E-state index in [1.807, 2.05) is 0 Å². The molecule has 7 heteroatoms. The lowest BCUT2D eigenvalue weighted by Gasteiger charge is -2.22. The summed E-state index contributed by atoms with van der Waals surface area (Å²) in [5, 5.41) is 9.65. The maximum atomic E-state index is 13.4. The maximum Gasteiger partial charge on any atom is 0.277 e. The van der Waals surface area contributed by atoms with Gasteiger partial charge in [-0.25, -0.2) is 12.8 Å². The van der Waals surface area contributed by atoms with Gasteiger partial charge in [-0.3, -0.25) is 0 Å². The minimum Gasteiger partial charge on any atom is -0.452 e. The van der Waals surface area contributed by atoms with E-state index in [-0.39, 0.29) is 18.1 Å². The topological polar surface area (TPSA) is 70.8 Å². The SMILES string of the molecule is O=S(=O)(c1ccco1)N1C[C@@H](O)C[C@@H]1c1cccc(F)c1. The summed E-state index contributed by atoms with van der Waals surface area (Å²) < 4.78 is 44.6. The van der Waals surface area contributed by atoms with Crippen molar-refractivity contribution in [2.24, 2.45) is 0 Å². The fourth-order valence-electron chi connectivity index (χ4n) is 2.59. The van der Waals surface area contributed by atoms with Gasteiger partial charge in [0.15, 0.2) is 0 Å². The number of β-amino-alcohol motifs (C(OH)–C–C–N with tert-alkyl or cyclic N) is 1. The molecule has 1 fully saturated rings. The van der Waals surface area contributed by atoms with Crippen molar-refractivity contribution in [1.82, 2.24) is 4.31 Å². The van der Waals surface area contributed by atoms with Gasteiger partial charge in [0, 0.05) is 6.54 Å². The summed E-state index contributed by atoms with van der Waals surface area (Å²) in [6.07, 6.45) is 0.711. The lowest BCUT2D eigenvalue weighted by atomic mass is 10.0. The van der Waals surface area contributed by atoms with Gasteiger partial charge in [0.2, 0.25) is 5.09 Å². The van der Waals surface area contributed by atoms with Crippen LogP contribution in [0.25, 0.3) is 0 Å². The van der Waals surface area contributed by atoms with Crippen LogP contribution in [0.5, 0.6) is 0 Å². The first-order chi connectivity index (χ1) is 9.98. The highest BCUT2D eigenvalue weighted by Gasteiger charge is 2.41. The molecule has 0 aliphatic carbocycles. The second kappa shape index (κ2) is 5.25. The summed E-state index contributed by atoms with van der Waals surface area (Å²) in [5.41, 5.74) is 0.515. The van der Waals surface area contributed by atoms with Gasteiger partial charge in [0.05, 0.1) is 18.4 Å². The van der Waals surface area contributed by atoms with E-state index in [1.54, 1.807) is 6.07 Å². The number of sulfonamides is 1. The van der Waals surface area contributed by atoms with Gasteiger partial charge in [-0.2, -0.15) is 4.31 Å². The largest absolute Gasteiger partial charge is 0.452 e. The van der Waals surface area contributed by atoms with Gasteiger partial charge >= 0.3 is 0 Å². The van der Waals surface area contributed by atoms with E-state index < -0.39 is 28.0 Å². The molecule has 0 saturated carbocycles. The molecule has 0 radical (unpaired) electrons. The Morgan fingerprint density at radius 2 is 2.10 bits per heavy atom. The van der Waals surface area contributed by atoms with Crippen LogP contribution < -0.4 is 0 Å². The van der Waals surface area contributed by atoms with Crippen molar-refractivity contribution >= 4 is 10.0 Å². The Hall–Kier alpha value is -1.70. The summed E-state index contributed by atoms with van der Waals surface area (Å²) in [6.45, 7) is -0.0375. The van der Waals surface area contributed by atoms with E-state index in [1.165, 1.54) is 36.6 Å². The summed E-state index contributed by atoms with van der Waals surface area (Å²) >= 11 is 0. The predicted octanol–water partition coefficient (Wildman–Crippen LogP) is 1.92. The summed E-state index contributed by atoms with van der Waals surface area (Å²) in [4.78, 5) is 0. The number of aliphatic hydroxyl groups excluding tert-OH is 1. The number of rotatable bonds is 3. The van der Waals surface area contributed by atoms with Gasteiger partial charge in [-0.05, 0) is 36.2 Å². The smallest absolute Gasteiger partial charge is 0.277 e. The van der Waals surface area contributed by atoms with Crippen LogP contribution in [-0.4, -0.2) is 30.5 Å². The molecule has 1 aromatic heterocycles. The van der Waals surface area contributed by atoms with E-state index in [9.17, 15) is 17.9 Å². The molecule has 21 heavy (non-hydrogen) atoms. The third-order valence-corrected chi connectivity index (χ3v) is 5.29. The molecule has 112 valence electrons. The number of halogens is 1. The fraction of sp³-hybridized carbons (Fsp3) is 0.286. The molecule has 0 spiro atoms. The molecule has 1 N–H and O–H groups in total. The number of hydrogen-bond donors (Lipinski definition) is 1. The quantitative estimate of drug-likeness (QED) is 0.940. The van der Waals surface area contributed by atoms with Gasteiger partial charge in [-0.15, -0.1) is 0 Å². The molecule has 1 saturated heterocycles. The number of furan rings is 1. The number of benzene rings is 1. The van der Waals surface area contributed by atoms with E-state index in [0.29, 0.717) is 5.56 Å². The molecular weight excluding hydrogens is 297 g/mol. The Labute approximate surface area is 121 Å². The molecule has 1 aliphatic heterocycles. The molecule has 2 aromatic rings. The fourth-order valence-corrected chi connectivity index (χ4v) is 4.16. The number of aliphatic hydroxyl groups is 1. The second-order valence-electron chi connectivity index (χ2n) is 4.97. The molecule has 5 nitrogen and oxygen atoms in total. The van der Waals surface area contributed by atoms with Crippen LogP contribution in [0.2, 0.25) is 0 Å². The highest BCUT2D eigenvalue weighted by atomic mass is 32.2. The Bertz CT molecular complexity index is 729. The van der Waals surface area contributed by atoms with E-state index >= 15 is 0 Å². The molecular formula is C14H14FNO4S. The average molecular weight is 311 g/mol. The Kier molecular flexibility index (Phi) is 3.56. The van der Waals surface area contributed by atoms with Crippen LogP contribution in [0.1, 0.15) is 18.0 Å². The Morgan fingerprint density at radius 1 is 1.29 bits per heavy atom. The van der Waals surface area contributed by atoms with Gasteiger partial charge in [-0.1, -0.05) is 12.1 Å². The third-order valence-electron chi connectivity index (χ3n) is 3.53. The first-order valence-corrected chi connectivity index (χ1v) is 7.91. The summed E-state index contributed by atoms with van der Waals surface area (Å²) in [7, 11) is -3.85. The first kappa shape index (κ1) is 14.2. The normalized spacial score (nSPS) is 23.5. The van der Waals surface area contributed by atoms with Crippen molar-refractivity contribution in [3.05, 3.63) is 54.0 Å². The van der Waals surface area contributed by atoms with Crippen molar-refractivity contribution < 1.29 is 22.3 Å². The van der Waals surface area contributed by atoms with E-state index in [0.717, 1.165) is 4.31 Å². The van der Waals surface area contributed by atoms with Crippen molar-refractivity contribution in [3.8, 4) is 0 Å². The van der Waals surface area contributed by atoms with Crippen LogP contribution in [-0.2, 0) is 10.0 Å². The third kappa shape index (κ3) is 2.59. The zero-order chi connectivity index (χ0) is 15.0. The second-order valence-corrected chi connectivity index (χ2v) is 6.79. The highest BCUT2D eigenvalue weighted by Crippen LogP contribution is 2.36. The maximum absolute atomic E-state index is 13.4. The summed E-state index contributed by atoms with van der Waals surface area (Å²) in [5.74, 6) is -0.441. The van der Waals surface area contributed by atoms with Crippen LogP contribution >= 0.6 is 0 Å². The lowest BCUT2D eigenvalue weighted by Crippen LogP contribution is -2.31.